The zero-order chi connectivity index (χ0) is 18.8. The second-order valence-corrected chi connectivity index (χ2v) is 6.76. The van der Waals surface area contributed by atoms with Crippen LogP contribution in [0.3, 0.4) is 0 Å². The molecule has 2 heterocycles. The summed E-state index contributed by atoms with van der Waals surface area (Å²) in [7, 11) is 1.36. The van der Waals surface area contributed by atoms with Crippen molar-refractivity contribution in [2.75, 3.05) is 25.6 Å². The molecule has 0 spiro atoms. The SMILES string of the molecule is COC(=O)c1ccccc1[C@H]1Nc2ccccc2C(=O)N1C[C@H]1CCCO1. The van der Waals surface area contributed by atoms with Crippen LogP contribution in [-0.4, -0.2) is 43.1 Å². The highest BCUT2D eigenvalue weighted by molar-refractivity contribution is 6.02. The number of nitrogens with one attached hydrogen (secondary N) is 1. The molecule has 140 valence electrons. The standard InChI is InChI=1S/C21H22N2O4/c1-26-21(25)16-9-3-2-8-15(16)19-22-18-11-5-4-10-17(18)20(24)23(19)13-14-7-6-12-27-14/h2-5,8-11,14,19,22H,6-7,12-13H2,1H3/t14-,19+/m1/s1. The lowest BCUT2D eigenvalue weighted by Gasteiger charge is -2.39. The monoisotopic (exact) mass is 366 g/mol. The molecule has 0 radical (unpaired) electrons. The maximum Gasteiger partial charge on any atom is 0.338 e. The van der Waals surface area contributed by atoms with Gasteiger partial charge in [-0.1, -0.05) is 30.3 Å². The van der Waals surface area contributed by atoms with Gasteiger partial charge in [-0.15, -0.1) is 0 Å². The van der Waals surface area contributed by atoms with Crippen molar-refractivity contribution in [2.45, 2.75) is 25.1 Å². The number of carbonyl (C=O) groups is 2. The predicted molar refractivity (Wildman–Crippen MR) is 101 cm³/mol. The molecule has 0 aliphatic carbocycles. The summed E-state index contributed by atoms with van der Waals surface area (Å²) in [5, 5.41) is 3.43. The Labute approximate surface area is 158 Å². The number of carbonyl (C=O) groups excluding carboxylic acids is 2. The second-order valence-electron chi connectivity index (χ2n) is 6.76. The van der Waals surface area contributed by atoms with E-state index in [-0.39, 0.29) is 12.0 Å². The first-order valence-electron chi connectivity index (χ1n) is 9.14. The van der Waals surface area contributed by atoms with E-state index in [0.29, 0.717) is 23.2 Å². The van der Waals surface area contributed by atoms with E-state index < -0.39 is 12.1 Å². The zero-order valence-electron chi connectivity index (χ0n) is 15.2. The number of methoxy groups -OCH3 is 1. The van der Waals surface area contributed by atoms with E-state index in [1.165, 1.54) is 7.11 Å². The highest BCUT2D eigenvalue weighted by atomic mass is 16.5. The number of hydrogen-bond donors (Lipinski definition) is 1. The van der Waals surface area contributed by atoms with Crippen LogP contribution in [0.25, 0.3) is 0 Å². The maximum absolute atomic E-state index is 13.3. The molecule has 0 bridgehead atoms. The fourth-order valence-corrected chi connectivity index (χ4v) is 3.77. The third-order valence-electron chi connectivity index (χ3n) is 5.11. The van der Waals surface area contributed by atoms with Gasteiger partial charge in [-0.05, 0) is 31.0 Å². The molecule has 27 heavy (non-hydrogen) atoms. The lowest BCUT2D eigenvalue weighted by molar-refractivity contribution is 0.0420. The van der Waals surface area contributed by atoms with Crippen molar-refractivity contribution in [1.29, 1.82) is 0 Å². The van der Waals surface area contributed by atoms with Crippen LogP contribution in [-0.2, 0) is 9.47 Å². The summed E-state index contributed by atoms with van der Waals surface area (Å²) in [6.45, 7) is 1.19. The predicted octanol–water partition coefficient (Wildman–Crippen LogP) is 3.22. The Morgan fingerprint density at radius 3 is 2.78 bits per heavy atom. The molecule has 1 fully saturated rings. The van der Waals surface area contributed by atoms with Crippen molar-refractivity contribution in [3.63, 3.8) is 0 Å². The number of fused-ring (bicyclic) bond motifs is 1. The number of rotatable bonds is 4. The van der Waals surface area contributed by atoms with Gasteiger partial charge in [0.2, 0.25) is 0 Å². The molecule has 0 saturated carbocycles. The molecule has 2 aromatic carbocycles. The van der Waals surface area contributed by atoms with Gasteiger partial charge >= 0.3 is 5.97 Å². The van der Waals surface area contributed by atoms with E-state index in [0.717, 1.165) is 25.1 Å². The van der Waals surface area contributed by atoms with Crippen molar-refractivity contribution < 1.29 is 19.1 Å². The zero-order valence-corrected chi connectivity index (χ0v) is 15.2. The van der Waals surface area contributed by atoms with E-state index in [1.807, 2.05) is 36.4 Å². The van der Waals surface area contributed by atoms with E-state index in [1.54, 1.807) is 17.0 Å². The average Bonchev–Trinajstić information content (AvgIpc) is 3.22. The maximum atomic E-state index is 13.3. The van der Waals surface area contributed by atoms with Crippen molar-refractivity contribution >= 4 is 17.6 Å². The largest absolute Gasteiger partial charge is 0.465 e. The van der Waals surface area contributed by atoms with Crippen LogP contribution < -0.4 is 5.32 Å². The molecule has 2 aliphatic rings. The minimum Gasteiger partial charge on any atom is -0.465 e. The van der Waals surface area contributed by atoms with Gasteiger partial charge in [0.05, 0.1) is 24.3 Å². The van der Waals surface area contributed by atoms with Crippen LogP contribution in [0.1, 0.15) is 45.3 Å². The van der Waals surface area contributed by atoms with Gasteiger partial charge in [-0.25, -0.2) is 4.79 Å². The molecule has 2 aliphatic heterocycles. The summed E-state index contributed by atoms with van der Waals surface area (Å²) >= 11 is 0. The molecule has 0 unspecified atom stereocenters. The lowest BCUT2D eigenvalue weighted by atomic mass is 9.99. The molecule has 4 rings (SSSR count). The molecule has 1 amide bonds. The summed E-state index contributed by atoms with van der Waals surface area (Å²) in [5.41, 5.74) is 2.55. The van der Waals surface area contributed by atoms with E-state index >= 15 is 0 Å². The van der Waals surface area contributed by atoms with Crippen LogP contribution in [0.15, 0.2) is 48.5 Å². The topological polar surface area (TPSA) is 67.9 Å². The Bertz CT molecular complexity index is 861. The van der Waals surface area contributed by atoms with Gasteiger partial charge in [0.25, 0.3) is 5.91 Å². The van der Waals surface area contributed by atoms with Crippen molar-refractivity contribution in [1.82, 2.24) is 4.90 Å². The van der Waals surface area contributed by atoms with Gasteiger partial charge in [0, 0.05) is 24.4 Å². The molecule has 1 saturated heterocycles. The van der Waals surface area contributed by atoms with Crippen LogP contribution >= 0.6 is 0 Å². The fraction of sp³-hybridized carbons (Fsp3) is 0.333. The van der Waals surface area contributed by atoms with Crippen LogP contribution in [0, 0.1) is 0 Å². The molecular formula is C21H22N2O4. The third kappa shape index (κ3) is 3.28. The average molecular weight is 366 g/mol. The summed E-state index contributed by atoms with van der Waals surface area (Å²) in [6, 6.07) is 14.7. The van der Waals surface area contributed by atoms with Gasteiger partial charge in [-0.3, -0.25) is 4.79 Å². The Morgan fingerprint density at radius 1 is 1.22 bits per heavy atom. The summed E-state index contributed by atoms with van der Waals surface area (Å²) in [6.07, 6.45) is 1.47. The minimum absolute atomic E-state index is 0.00815. The first kappa shape index (κ1) is 17.5. The molecular weight excluding hydrogens is 344 g/mol. The van der Waals surface area contributed by atoms with Gasteiger partial charge in [0.1, 0.15) is 6.17 Å². The first-order chi connectivity index (χ1) is 13.2. The van der Waals surface area contributed by atoms with E-state index in [4.69, 9.17) is 9.47 Å². The van der Waals surface area contributed by atoms with Gasteiger partial charge < -0.3 is 19.7 Å². The molecule has 6 heteroatoms. The number of anilines is 1. The van der Waals surface area contributed by atoms with Gasteiger partial charge in [0.15, 0.2) is 0 Å². The number of ether oxygens (including phenoxy) is 2. The first-order valence-corrected chi connectivity index (χ1v) is 9.14. The van der Waals surface area contributed by atoms with Crippen molar-refractivity contribution in [2.24, 2.45) is 0 Å². The van der Waals surface area contributed by atoms with Crippen molar-refractivity contribution in [3.8, 4) is 0 Å². The highest BCUT2D eigenvalue weighted by Gasteiger charge is 2.36. The number of amides is 1. The number of para-hydroxylation sites is 1. The lowest BCUT2D eigenvalue weighted by Crippen LogP contribution is -2.46. The number of nitrogens with zero attached hydrogens (tertiary/aromatic N) is 1. The summed E-state index contributed by atoms with van der Waals surface area (Å²) < 4.78 is 10.7. The third-order valence-corrected chi connectivity index (χ3v) is 5.11. The van der Waals surface area contributed by atoms with Crippen LogP contribution in [0.4, 0.5) is 5.69 Å². The normalized spacial score (nSPS) is 21.5. The minimum atomic E-state index is -0.466. The quantitative estimate of drug-likeness (QED) is 0.842. The van der Waals surface area contributed by atoms with Crippen LogP contribution in [0.5, 0.6) is 0 Å². The number of benzene rings is 2. The molecule has 1 N–H and O–H groups in total. The molecule has 0 aromatic heterocycles. The van der Waals surface area contributed by atoms with Crippen molar-refractivity contribution in [3.05, 3.63) is 65.2 Å². The smallest absolute Gasteiger partial charge is 0.338 e. The Balaban J connectivity index is 1.76. The second kappa shape index (κ2) is 7.40. The van der Waals surface area contributed by atoms with Gasteiger partial charge in [-0.2, -0.15) is 0 Å². The summed E-state index contributed by atoms with van der Waals surface area (Å²) in [4.78, 5) is 27.3. The Hall–Kier alpha value is -2.86. The fourth-order valence-electron chi connectivity index (χ4n) is 3.77. The van der Waals surface area contributed by atoms with Crippen LogP contribution in [0.2, 0.25) is 0 Å². The number of esters is 1. The molecule has 2 atom stereocenters. The highest BCUT2D eigenvalue weighted by Crippen LogP contribution is 2.35. The number of hydrogen-bond acceptors (Lipinski definition) is 5. The van der Waals surface area contributed by atoms with E-state index in [2.05, 4.69) is 5.32 Å². The Kier molecular flexibility index (Phi) is 4.81. The van der Waals surface area contributed by atoms with E-state index in [9.17, 15) is 9.59 Å². The molecule has 2 aromatic rings. The Morgan fingerprint density at radius 2 is 2.00 bits per heavy atom. The molecule has 6 nitrogen and oxygen atoms in total. The summed E-state index contributed by atoms with van der Waals surface area (Å²) in [5.74, 6) is -0.486.